The molecule has 12 rings (SSSR count). The van der Waals surface area contributed by atoms with Gasteiger partial charge in [0.2, 0.25) is 0 Å². The van der Waals surface area contributed by atoms with E-state index in [0.717, 1.165) is 39.0 Å². The summed E-state index contributed by atoms with van der Waals surface area (Å²) in [7, 11) is 0. The maximum Gasteiger partial charge on any atom is 0.159 e. The topological polar surface area (TPSA) is 16.4 Å². The summed E-state index contributed by atoms with van der Waals surface area (Å²) in [5, 5.41) is 7.55. The first-order valence-corrected chi connectivity index (χ1v) is 21.4. The number of furan rings is 1. The van der Waals surface area contributed by atoms with Crippen LogP contribution in [0.5, 0.6) is 0 Å². The predicted molar refractivity (Wildman–Crippen MR) is 244 cm³/mol. The van der Waals surface area contributed by atoms with Crippen LogP contribution in [0, 0.1) is 0 Å². The predicted octanol–water partition coefficient (Wildman–Crippen LogP) is 16.0. The van der Waals surface area contributed by atoms with Crippen molar-refractivity contribution in [2.45, 2.75) is 76.5 Å². The SMILES string of the molecule is CC1(C)c2cc3c(cc2-c2ccc4ccccc4c21)C(C)(C)c1c-3ccc2cc(N(c3ccc(C4CCCCC4)cc3)c3cccc4c3oc3ccccc34)ccc12. The highest BCUT2D eigenvalue weighted by atomic mass is 16.3. The van der Waals surface area contributed by atoms with Gasteiger partial charge in [0.1, 0.15) is 5.58 Å². The minimum absolute atomic E-state index is 0.0973. The molecule has 3 aliphatic carbocycles. The molecular weight excluding hydrogens is 703 g/mol. The zero-order valence-corrected chi connectivity index (χ0v) is 33.8. The molecule has 3 aliphatic rings. The van der Waals surface area contributed by atoms with E-state index in [2.05, 4.69) is 178 Å². The van der Waals surface area contributed by atoms with Crippen LogP contribution in [0.2, 0.25) is 0 Å². The highest BCUT2D eigenvalue weighted by molar-refractivity contribution is 6.11. The Morgan fingerprint density at radius 2 is 1.09 bits per heavy atom. The second-order valence-electron chi connectivity index (χ2n) is 18.3. The van der Waals surface area contributed by atoms with Gasteiger partial charge in [0, 0.05) is 33.0 Å². The lowest BCUT2D eigenvalue weighted by atomic mass is 9.78. The molecule has 0 aliphatic heterocycles. The molecule has 0 amide bonds. The van der Waals surface area contributed by atoms with Crippen LogP contribution in [0.3, 0.4) is 0 Å². The third-order valence-electron chi connectivity index (χ3n) is 14.4. The van der Waals surface area contributed by atoms with Crippen LogP contribution in [0.15, 0.2) is 150 Å². The Balaban J connectivity index is 1.01. The van der Waals surface area contributed by atoms with Crippen LogP contribution in [-0.4, -0.2) is 0 Å². The molecule has 0 N–H and O–H groups in total. The van der Waals surface area contributed by atoms with Gasteiger partial charge < -0.3 is 9.32 Å². The van der Waals surface area contributed by atoms with Crippen molar-refractivity contribution in [3.8, 4) is 22.3 Å². The Labute approximate surface area is 340 Å². The van der Waals surface area contributed by atoms with E-state index in [1.807, 2.05) is 0 Å². The van der Waals surface area contributed by atoms with Crippen molar-refractivity contribution in [3.63, 3.8) is 0 Å². The Hall–Kier alpha value is -6.12. The molecule has 9 aromatic rings. The van der Waals surface area contributed by atoms with E-state index in [0.29, 0.717) is 5.92 Å². The van der Waals surface area contributed by atoms with Crippen LogP contribution in [0.25, 0.3) is 65.7 Å². The summed E-state index contributed by atoms with van der Waals surface area (Å²) in [6.07, 6.45) is 6.62. The van der Waals surface area contributed by atoms with Gasteiger partial charge in [-0.3, -0.25) is 0 Å². The highest BCUT2D eigenvalue weighted by Gasteiger charge is 2.43. The number of para-hydroxylation sites is 2. The Morgan fingerprint density at radius 1 is 0.483 bits per heavy atom. The monoisotopic (exact) mass is 749 g/mol. The van der Waals surface area contributed by atoms with Crippen LogP contribution < -0.4 is 4.90 Å². The number of hydrogen-bond acceptors (Lipinski definition) is 2. The molecule has 0 radical (unpaired) electrons. The van der Waals surface area contributed by atoms with E-state index in [1.54, 1.807) is 0 Å². The standard InChI is InChI=1S/C56H47NO/c1-55(2)48-33-47-44-29-24-37-31-39(27-30-41(37)53(44)56(3,4)49(47)32-46(48)43-28-23-36-15-8-9-16-40(36)52(43)55)57(38-25-21-35(22-26-38)34-13-6-5-7-14-34)50-19-12-18-45-42-17-10-11-20-51(42)58-54(45)50/h8-12,15-34H,5-7,13-14H2,1-4H3. The van der Waals surface area contributed by atoms with E-state index in [9.17, 15) is 0 Å². The van der Waals surface area contributed by atoms with Crippen molar-refractivity contribution in [1.82, 2.24) is 0 Å². The number of benzene rings is 8. The quantitative estimate of drug-likeness (QED) is 0.178. The van der Waals surface area contributed by atoms with Gasteiger partial charge in [-0.25, -0.2) is 0 Å². The van der Waals surface area contributed by atoms with Gasteiger partial charge in [0.05, 0.1) is 5.69 Å². The zero-order chi connectivity index (χ0) is 38.9. The lowest BCUT2D eigenvalue weighted by Gasteiger charge is -2.28. The zero-order valence-electron chi connectivity index (χ0n) is 33.8. The number of anilines is 3. The van der Waals surface area contributed by atoms with Crippen molar-refractivity contribution >= 4 is 60.5 Å². The molecule has 8 aromatic carbocycles. The number of fused-ring (bicyclic) bond motifs is 13. The van der Waals surface area contributed by atoms with Gasteiger partial charge in [-0.05, 0) is 139 Å². The molecule has 58 heavy (non-hydrogen) atoms. The highest BCUT2D eigenvalue weighted by Crippen LogP contribution is 2.58. The lowest BCUT2D eigenvalue weighted by molar-refractivity contribution is 0.443. The average Bonchev–Trinajstić information content (AvgIpc) is 3.83. The van der Waals surface area contributed by atoms with Crippen LogP contribution in [0.4, 0.5) is 17.1 Å². The summed E-state index contributed by atoms with van der Waals surface area (Å²) < 4.78 is 6.69. The fourth-order valence-corrected chi connectivity index (χ4v) is 11.5. The van der Waals surface area contributed by atoms with Crippen molar-refractivity contribution in [2.75, 3.05) is 4.90 Å². The average molecular weight is 750 g/mol. The molecule has 2 nitrogen and oxygen atoms in total. The first-order valence-electron chi connectivity index (χ1n) is 21.4. The van der Waals surface area contributed by atoms with Crippen molar-refractivity contribution in [2.24, 2.45) is 0 Å². The Kier molecular flexibility index (Phi) is 7.14. The Bertz CT molecular complexity index is 3150. The molecule has 1 fully saturated rings. The summed E-state index contributed by atoms with van der Waals surface area (Å²) in [5.41, 5.74) is 17.6. The molecule has 282 valence electrons. The smallest absolute Gasteiger partial charge is 0.159 e. The van der Waals surface area contributed by atoms with Gasteiger partial charge in [0.25, 0.3) is 0 Å². The van der Waals surface area contributed by atoms with E-state index in [-0.39, 0.29) is 10.8 Å². The molecule has 1 saturated carbocycles. The van der Waals surface area contributed by atoms with Crippen LogP contribution >= 0.6 is 0 Å². The molecule has 2 heteroatoms. The second kappa shape index (κ2) is 12.2. The maximum absolute atomic E-state index is 6.69. The summed E-state index contributed by atoms with van der Waals surface area (Å²) in [6.45, 7) is 9.70. The van der Waals surface area contributed by atoms with Crippen LogP contribution in [-0.2, 0) is 10.8 Å². The molecule has 0 atom stereocenters. The fourth-order valence-electron chi connectivity index (χ4n) is 11.5. The molecule has 0 spiro atoms. The summed E-state index contributed by atoms with van der Waals surface area (Å²) >= 11 is 0. The van der Waals surface area contributed by atoms with Gasteiger partial charge >= 0.3 is 0 Å². The molecule has 0 unspecified atom stereocenters. The van der Waals surface area contributed by atoms with Gasteiger partial charge in [-0.1, -0.05) is 144 Å². The summed E-state index contributed by atoms with van der Waals surface area (Å²) in [5.74, 6) is 0.659. The first-order chi connectivity index (χ1) is 28.3. The third-order valence-corrected chi connectivity index (χ3v) is 14.4. The number of nitrogens with zero attached hydrogens (tertiary/aromatic N) is 1. The second-order valence-corrected chi connectivity index (χ2v) is 18.3. The molecule has 1 heterocycles. The Morgan fingerprint density at radius 3 is 1.81 bits per heavy atom. The van der Waals surface area contributed by atoms with Gasteiger partial charge in [-0.15, -0.1) is 0 Å². The summed E-state index contributed by atoms with van der Waals surface area (Å²) in [4.78, 5) is 2.41. The number of rotatable bonds is 4. The van der Waals surface area contributed by atoms with Gasteiger partial charge in [0.15, 0.2) is 5.58 Å². The molecule has 0 saturated heterocycles. The number of hydrogen-bond donors (Lipinski definition) is 0. The van der Waals surface area contributed by atoms with Crippen molar-refractivity contribution in [3.05, 3.63) is 173 Å². The van der Waals surface area contributed by atoms with Crippen molar-refractivity contribution < 1.29 is 4.42 Å². The van der Waals surface area contributed by atoms with E-state index in [1.165, 1.54) is 104 Å². The maximum atomic E-state index is 6.69. The van der Waals surface area contributed by atoms with Crippen molar-refractivity contribution in [1.29, 1.82) is 0 Å². The minimum atomic E-state index is -0.168. The molecule has 1 aromatic heterocycles. The fraction of sp³-hybridized carbons (Fsp3) is 0.214. The van der Waals surface area contributed by atoms with Crippen LogP contribution in [0.1, 0.15) is 93.5 Å². The normalized spacial score (nSPS) is 16.5. The largest absolute Gasteiger partial charge is 0.454 e. The van der Waals surface area contributed by atoms with E-state index in [4.69, 9.17) is 4.42 Å². The first kappa shape index (κ1) is 34.0. The molecule has 0 bridgehead atoms. The minimum Gasteiger partial charge on any atom is -0.454 e. The summed E-state index contributed by atoms with van der Waals surface area (Å²) in [6, 6.07) is 54.9. The van der Waals surface area contributed by atoms with E-state index < -0.39 is 0 Å². The third kappa shape index (κ3) is 4.72. The molecular formula is C56H47NO. The van der Waals surface area contributed by atoms with Gasteiger partial charge in [-0.2, -0.15) is 0 Å². The van der Waals surface area contributed by atoms with E-state index >= 15 is 0 Å². The lowest BCUT2D eigenvalue weighted by Crippen LogP contribution is -2.17.